The topological polar surface area (TPSA) is 0 Å². The SMILES string of the molecule is CCC(CC(C)C(C)C(C)C)S(C)(C)C. The van der Waals surface area contributed by atoms with Crippen LogP contribution < -0.4 is 0 Å². The molecule has 0 saturated heterocycles. The number of hydrogen-bond donors (Lipinski definition) is 0. The predicted octanol–water partition coefficient (Wildman–Crippen LogP) is 4.78. The van der Waals surface area contributed by atoms with Crippen LogP contribution in [0.1, 0.15) is 47.5 Å². The lowest BCUT2D eigenvalue weighted by atomic mass is 9.83. The Morgan fingerprint density at radius 1 is 0.933 bits per heavy atom. The Kier molecular flexibility index (Phi) is 6.32. The van der Waals surface area contributed by atoms with Gasteiger partial charge in [0, 0.05) is 0 Å². The summed E-state index contributed by atoms with van der Waals surface area (Å²) >= 11 is 0. The Labute approximate surface area is 99.5 Å². The van der Waals surface area contributed by atoms with E-state index in [0.717, 1.165) is 23.0 Å². The maximum absolute atomic E-state index is 2.47. The van der Waals surface area contributed by atoms with Crippen molar-refractivity contribution < 1.29 is 0 Å². The molecular weight excluding hydrogens is 200 g/mol. The van der Waals surface area contributed by atoms with Crippen LogP contribution in [0.4, 0.5) is 0 Å². The first kappa shape index (κ1) is 15.3. The standard InChI is InChI=1S/C14H32S/c1-9-14(15(6,7)8)10-12(4)13(5)11(2)3/h11-14H,9-10H2,1-8H3. The van der Waals surface area contributed by atoms with Crippen molar-refractivity contribution in [3.8, 4) is 0 Å². The Morgan fingerprint density at radius 3 is 1.67 bits per heavy atom. The van der Waals surface area contributed by atoms with Crippen LogP contribution in [0.2, 0.25) is 0 Å². The van der Waals surface area contributed by atoms with Crippen LogP contribution in [0, 0.1) is 17.8 Å². The summed E-state index contributed by atoms with van der Waals surface area (Å²) in [7, 11) is -0.369. The van der Waals surface area contributed by atoms with Crippen molar-refractivity contribution in [3.05, 3.63) is 0 Å². The molecule has 0 aliphatic rings. The summed E-state index contributed by atoms with van der Waals surface area (Å²) in [4.78, 5) is 0. The van der Waals surface area contributed by atoms with Crippen molar-refractivity contribution in [2.45, 2.75) is 52.7 Å². The zero-order valence-electron chi connectivity index (χ0n) is 12.1. The summed E-state index contributed by atoms with van der Waals surface area (Å²) in [6.07, 6.45) is 10.2. The van der Waals surface area contributed by atoms with Gasteiger partial charge in [0.05, 0.1) is 0 Å². The highest BCUT2D eigenvalue weighted by atomic mass is 32.3. The van der Waals surface area contributed by atoms with Gasteiger partial charge >= 0.3 is 0 Å². The van der Waals surface area contributed by atoms with E-state index in [9.17, 15) is 0 Å². The molecule has 0 spiro atoms. The van der Waals surface area contributed by atoms with Crippen molar-refractivity contribution in [2.24, 2.45) is 17.8 Å². The highest BCUT2D eigenvalue weighted by molar-refractivity contribution is 8.32. The average Bonchev–Trinajstić information content (AvgIpc) is 2.10. The molecule has 3 atom stereocenters. The molecule has 15 heavy (non-hydrogen) atoms. The Morgan fingerprint density at radius 2 is 1.40 bits per heavy atom. The molecule has 0 aromatic heterocycles. The average molecular weight is 232 g/mol. The van der Waals surface area contributed by atoms with Crippen LogP contribution in [0.5, 0.6) is 0 Å². The molecule has 0 aromatic carbocycles. The summed E-state index contributed by atoms with van der Waals surface area (Å²) in [5, 5.41) is 0.952. The van der Waals surface area contributed by atoms with Crippen molar-refractivity contribution in [3.63, 3.8) is 0 Å². The van der Waals surface area contributed by atoms with E-state index >= 15 is 0 Å². The fourth-order valence-corrected chi connectivity index (χ4v) is 4.12. The van der Waals surface area contributed by atoms with Crippen molar-refractivity contribution in [1.29, 1.82) is 0 Å². The zero-order valence-corrected chi connectivity index (χ0v) is 12.9. The molecule has 3 unspecified atom stereocenters. The lowest BCUT2D eigenvalue weighted by Crippen LogP contribution is -2.23. The molecule has 0 radical (unpaired) electrons. The summed E-state index contributed by atoms with van der Waals surface area (Å²) in [6, 6.07) is 0. The molecule has 94 valence electrons. The van der Waals surface area contributed by atoms with Crippen molar-refractivity contribution in [2.75, 3.05) is 18.8 Å². The smallest absolute Gasteiger partial charge is 0.0119 e. The van der Waals surface area contributed by atoms with Gasteiger partial charge in [-0.3, -0.25) is 0 Å². The van der Waals surface area contributed by atoms with Crippen LogP contribution >= 0.6 is 10.0 Å². The monoisotopic (exact) mass is 232 g/mol. The quantitative estimate of drug-likeness (QED) is 0.618. The molecule has 0 aliphatic heterocycles. The minimum atomic E-state index is -0.369. The lowest BCUT2D eigenvalue weighted by Gasteiger charge is -2.38. The molecule has 0 N–H and O–H groups in total. The summed E-state index contributed by atoms with van der Waals surface area (Å²) in [5.41, 5.74) is 0. The minimum absolute atomic E-state index is 0.369. The van der Waals surface area contributed by atoms with E-state index in [1.165, 1.54) is 12.8 Å². The molecule has 0 rings (SSSR count). The van der Waals surface area contributed by atoms with Gasteiger partial charge in [0.25, 0.3) is 0 Å². The van der Waals surface area contributed by atoms with E-state index < -0.39 is 0 Å². The molecule has 0 amide bonds. The third kappa shape index (κ3) is 5.29. The molecule has 0 bridgehead atoms. The summed E-state index contributed by atoms with van der Waals surface area (Å²) in [5.74, 6) is 2.56. The number of rotatable bonds is 6. The van der Waals surface area contributed by atoms with E-state index in [-0.39, 0.29) is 10.0 Å². The third-order valence-electron chi connectivity index (χ3n) is 4.04. The fraction of sp³-hybridized carbons (Fsp3) is 1.00. The lowest BCUT2D eigenvalue weighted by molar-refractivity contribution is 0.279. The molecule has 0 aromatic rings. The minimum Gasteiger partial charge on any atom is -0.247 e. The van der Waals surface area contributed by atoms with E-state index in [4.69, 9.17) is 0 Å². The van der Waals surface area contributed by atoms with Crippen molar-refractivity contribution in [1.82, 2.24) is 0 Å². The van der Waals surface area contributed by atoms with Crippen LogP contribution in [-0.4, -0.2) is 24.0 Å². The summed E-state index contributed by atoms with van der Waals surface area (Å²) < 4.78 is 0. The fourth-order valence-electron chi connectivity index (χ4n) is 2.24. The van der Waals surface area contributed by atoms with E-state index in [0.29, 0.717) is 0 Å². The second-order valence-corrected chi connectivity index (χ2v) is 10.8. The molecule has 0 saturated carbocycles. The van der Waals surface area contributed by atoms with Gasteiger partial charge in [-0.1, -0.05) is 34.6 Å². The van der Waals surface area contributed by atoms with Crippen LogP contribution in [0.25, 0.3) is 0 Å². The highest BCUT2D eigenvalue weighted by Gasteiger charge is 2.24. The van der Waals surface area contributed by atoms with Gasteiger partial charge < -0.3 is 0 Å². The summed E-state index contributed by atoms with van der Waals surface area (Å²) in [6.45, 7) is 11.9. The van der Waals surface area contributed by atoms with Gasteiger partial charge in [-0.05, 0) is 54.6 Å². The van der Waals surface area contributed by atoms with Crippen molar-refractivity contribution >= 4 is 10.0 Å². The van der Waals surface area contributed by atoms with Gasteiger partial charge in [0.15, 0.2) is 0 Å². The van der Waals surface area contributed by atoms with Crippen LogP contribution in [-0.2, 0) is 0 Å². The largest absolute Gasteiger partial charge is 0.247 e. The number of hydrogen-bond acceptors (Lipinski definition) is 0. The first-order chi connectivity index (χ1) is 6.70. The maximum atomic E-state index is 2.47. The molecule has 0 aliphatic carbocycles. The molecule has 1 heteroatoms. The Balaban J connectivity index is 4.31. The van der Waals surface area contributed by atoms with Crippen LogP contribution in [0.15, 0.2) is 0 Å². The van der Waals surface area contributed by atoms with E-state index in [2.05, 4.69) is 53.4 Å². The normalized spacial score (nSPS) is 20.1. The van der Waals surface area contributed by atoms with E-state index in [1.54, 1.807) is 0 Å². The zero-order chi connectivity index (χ0) is 12.2. The van der Waals surface area contributed by atoms with E-state index in [1.807, 2.05) is 0 Å². The first-order valence-electron chi connectivity index (χ1n) is 6.37. The molecule has 0 nitrogen and oxygen atoms in total. The van der Waals surface area contributed by atoms with Gasteiger partial charge in [-0.15, -0.1) is 0 Å². The van der Waals surface area contributed by atoms with Gasteiger partial charge in [-0.25, -0.2) is 10.0 Å². The van der Waals surface area contributed by atoms with Gasteiger partial charge in [-0.2, -0.15) is 0 Å². The second-order valence-electron chi connectivity index (χ2n) is 6.28. The van der Waals surface area contributed by atoms with Gasteiger partial charge in [0.2, 0.25) is 0 Å². The molecule has 0 fully saturated rings. The highest BCUT2D eigenvalue weighted by Crippen LogP contribution is 2.46. The first-order valence-corrected chi connectivity index (χ1v) is 9.29. The molecule has 0 heterocycles. The molecular formula is C14H32S. The third-order valence-corrected chi connectivity index (χ3v) is 6.56. The maximum Gasteiger partial charge on any atom is -0.0119 e. The second kappa shape index (κ2) is 6.18. The Hall–Kier alpha value is 0.350. The Bertz CT molecular complexity index is 167. The van der Waals surface area contributed by atoms with Crippen LogP contribution in [0.3, 0.4) is 0 Å². The van der Waals surface area contributed by atoms with Gasteiger partial charge in [0.1, 0.15) is 0 Å². The predicted molar refractivity (Wildman–Crippen MR) is 77.2 cm³/mol.